The van der Waals surface area contributed by atoms with E-state index in [1.54, 1.807) is 0 Å². The second-order valence-electron chi connectivity index (χ2n) is 8.66. The lowest BCUT2D eigenvalue weighted by Crippen LogP contribution is -2.42. The average molecular weight is 428 g/mol. The molecule has 1 aliphatic carbocycles. The molecule has 1 aromatic heterocycles. The number of rotatable bonds is 5. The number of carbonyl (C=O) groups is 3. The van der Waals surface area contributed by atoms with Crippen molar-refractivity contribution in [3.8, 4) is 0 Å². The molecule has 1 aliphatic heterocycles. The Hall–Kier alpha value is -3.67. The smallest absolute Gasteiger partial charge is 0.325 e. The van der Waals surface area contributed by atoms with Crippen LogP contribution in [0.25, 0.3) is 0 Å². The molecule has 3 amide bonds. The van der Waals surface area contributed by atoms with Crippen LogP contribution in [0.4, 0.5) is 4.79 Å². The summed E-state index contributed by atoms with van der Waals surface area (Å²) in [4.78, 5) is 40.4. The van der Waals surface area contributed by atoms with Crippen LogP contribution in [0.2, 0.25) is 0 Å². The van der Waals surface area contributed by atoms with Gasteiger partial charge in [0.2, 0.25) is 0 Å². The highest BCUT2D eigenvalue weighted by atomic mass is 16.2. The number of nitrogens with zero attached hydrogens (tertiary/aromatic N) is 2. The summed E-state index contributed by atoms with van der Waals surface area (Å²) in [5.74, 6) is -0.567. The van der Waals surface area contributed by atoms with Crippen LogP contribution in [0.3, 0.4) is 0 Å². The molecule has 3 aromatic rings. The Bertz CT molecular complexity index is 1240. The normalized spacial score (nSPS) is 19.5. The molecule has 1 saturated heterocycles. The summed E-state index contributed by atoms with van der Waals surface area (Å²) >= 11 is 0. The van der Waals surface area contributed by atoms with Crippen LogP contribution >= 0.6 is 0 Å². The maximum Gasteiger partial charge on any atom is 0.325 e. The van der Waals surface area contributed by atoms with Gasteiger partial charge in [0.05, 0.1) is 6.54 Å². The van der Waals surface area contributed by atoms with Gasteiger partial charge < -0.3 is 9.88 Å². The van der Waals surface area contributed by atoms with E-state index in [1.807, 2.05) is 74.5 Å². The van der Waals surface area contributed by atoms with E-state index in [0.29, 0.717) is 18.5 Å². The van der Waals surface area contributed by atoms with Gasteiger partial charge in [0.25, 0.3) is 5.91 Å². The van der Waals surface area contributed by atoms with Gasteiger partial charge in [0.15, 0.2) is 5.78 Å². The molecule has 0 radical (unpaired) electrons. The first-order chi connectivity index (χ1) is 15.4. The van der Waals surface area contributed by atoms with Crippen molar-refractivity contribution in [2.24, 2.45) is 0 Å². The van der Waals surface area contributed by atoms with Gasteiger partial charge in [-0.15, -0.1) is 0 Å². The molecular weight excluding hydrogens is 402 g/mol. The molecule has 32 heavy (non-hydrogen) atoms. The minimum absolute atomic E-state index is 0.232. The number of hydrogen-bond donors (Lipinski definition) is 1. The van der Waals surface area contributed by atoms with Gasteiger partial charge >= 0.3 is 6.03 Å². The highest BCUT2D eigenvalue weighted by Crippen LogP contribution is 2.41. The number of Topliss-reactive ketones (excluding diaryl/α,β-unsaturated/α-hetero) is 1. The van der Waals surface area contributed by atoms with Crippen molar-refractivity contribution in [2.75, 3.05) is 6.54 Å². The van der Waals surface area contributed by atoms with Gasteiger partial charge in [-0.1, -0.05) is 54.6 Å². The third kappa shape index (κ3) is 3.06. The summed E-state index contributed by atoms with van der Waals surface area (Å²) in [5.41, 5.74) is 4.36. The Morgan fingerprint density at radius 2 is 1.75 bits per heavy atom. The molecule has 1 N–H and O–H groups in total. The van der Waals surface area contributed by atoms with Crippen molar-refractivity contribution < 1.29 is 14.4 Å². The van der Waals surface area contributed by atoms with Crippen LogP contribution < -0.4 is 5.32 Å². The Balaban J connectivity index is 1.39. The van der Waals surface area contributed by atoms with Gasteiger partial charge in [0, 0.05) is 23.5 Å². The number of amides is 3. The molecule has 2 aliphatic rings. The van der Waals surface area contributed by atoms with Crippen molar-refractivity contribution in [1.29, 1.82) is 0 Å². The SMILES string of the molecule is Cc1cc(C(=O)CN2C(=O)N[C@]3(CCc4ccccc43)C2=O)c(C)n1Cc1ccccc1. The van der Waals surface area contributed by atoms with E-state index >= 15 is 0 Å². The van der Waals surface area contributed by atoms with E-state index in [9.17, 15) is 14.4 Å². The lowest BCUT2D eigenvalue weighted by Gasteiger charge is -2.22. The van der Waals surface area contributed by atoms with E-state index in [4.69, 9.17) is 0 Å². The Morgan fingerprint density at radius 3 is 2.53 bits per heavy atom. The molecule has 1 spiro atoms. The number of carbonyl (C=O) groups excluding carboxylic acids is 3. The topological polar surface area (TPSA) is 71.4 Å². The zero-order valence-electron chi connectivity index (χ0n) is 18.2. The third-order valence-electron chi connectivity index (χ3n) is 6.78. The first-order valence-corrected chi connectivity index (χ1v) is 10.9. The minimum Gasteiger partial charge on any atom is -0.344 e. The molecule has 0 bridgehead atoms. The molecule has 0 unspecified atom stereocenters. The number of benzene rings is 2. The highest BCUT2D eigenvalue weighted by molar-refractivity contribution is 6.12. The van der Waals surface area contributed by atoms with Gasteiger partial charge in [0.1, 0.15) is 5.54 Å². The van der Waals surface area contributed by atoms with Crippen LogP contribution in [0.1, 0.15) is 44.9 Å². The van der Waals surface area contributed by atoms with Crippen LogP contribution in [0.15, 0.2) is 60.7 Å². The summed E-state index contributed by atoms with van der Waals surface area (Å²) in [6, 6.07) is 19.1. The van der Waals surface area contributed by atoms with Gasteiger partial charge in [-0.25, -0.2) is 4.79 Å². The van der Waals surface area contributed by atoms with E-state index in [1.165, 1.54) is 0 Å². The predicted molar refractivity (Wildman–Crippen MR) is 120 cm³/mol. The second kappa shape index (κ2) is 7.48. The molecule has 1 atom stereocenters. The van der Waals surface area contributed by atoms with Crippen LogP contribution in [-0.2, 0) is 23.3 Å². The summed E-state index contributed by atoms with van der Waals surface area (Å²) in [5, 5.41) is 2.89. The number of ketones is 1. The van der Waals surface area contributed by atoms with Gasteiger partial charge in [-0.2, -0.15) is 0 Å². The summed E-state index contributed by atoms with van der Waals surface area (Å²) < 4.78 is 2.09. The molecule has 6 heteroatoms. The van der Waals surface area contributed by atoms with Crippen LogP contribution in [-0.4, -0.2) is 33.7 Å². The number of urea groups is 1. The average Bonchev–Trinajstić information content (AvgIpc) is 3.39. The molecule has 1 fully saturated rings. The zero-order valence-corrected chi connectivity index (χ0v) is 18.2. The fourth-order valence-electron chi connectivity index (χ4n) is 5.05. The van der Waals surface area contributed by atoms with E-state index in [0.717, 1.165) is 39.4 Å². The number of imide groups is 1. The van der Waals surface area contributed by atoms with Gasteiger partial charge in [-0.3, -0.25) is 14.5 Å². The number of fused-ring (bicyclic) bond motifs is 2. The molecule has 6 nitrogen and oxygen atoms in total. The first-order valence-electron chi connectivity index (χ1n) is 10.9. The predicted octanol–water partition coefficient (Wildman–Crippen LogP) is 3.73. The second-order valence-corrected chi connectivity index (χ2v) is 8.66. The van der Waals surface area contributed by atoms with Crippen molar-refractivity contribution >= 4 is 17.7 Å². The highest BCUT2D eigenvalue weighted by Gasteiger charge is 2.55. The quantitative estimate of drug-likeness (QED) is 0.498. The molecule has 2 aromatic carbocycles. The summed E-state index contributed by atoms with van der Waals surface area (Å²) in [6.07, 6.45) is 1.25. The molecule has 5 rings (SSSR count). The number of aryl methyl sites for hydroxylation is 2. The first kappa shape index (κ1) is 20.2. The largest absolute Gasteiger partial charge is 0.344 e. The lowest BCUT2D eigenvalue weighted by molar-refractivity contribution is -0.131. The Kier molecular flexibility index (Phi) is 4.73. The lowest BCUT2D eigenvalue weighted by atomic mass is 9.92. The third-order valence-corrected chi connectivity index (χ3v) is 6.78. The molecule has 0 saturated carbocycles. The Labute approximate surface area is 186 Å². The Morgan fingerprint density at radius 1 is 1.03 bits per heavy atom. The van der Waals surface area contributed by atoms with E-state index in [2.05, 4.69) is 9.88 Å². The summed E-state index contributed by atoms with van der Waals surface area (Å²) in [6.45, 7) is 4.27. The molecule has 2 heterocycles. The minimum atomic E-state index is -1.04. The maximum atomic E-state index is 13.4. The van der Waals surface area contributed by atoms with Crippen molar-refractivity contribution in [2.45, 2.75) is 38.8 Å². The maximum absolute atomic E-state index is 13.4. The molecule has 162 valence electrons. The van der Waals surface area contributed by atoms with E-state index < -0.39 is 11.6 Å². The molecular formula is C26H25N3O3. The number of hydrogen-bond acceptors (Lipinski definition) is 3. The van der Waals surface area contributed by atoms with Gasteiger partial charge in [-0.05, 0) is 49.4 Å². The standard InChI is InChI=1S/C26H25N3O3/c1-17-14-21(18(2)28(17)15-19-8-4-3-5-9-19)23(30)16-29-24(31)26(27-25(29)32)13-12-20-10-6-7-11-22(20)26/h3-11,14H,12-13,15-16H2,1-2H3,(H,27,32)/t26-/m0/s1. The van der Waals surface area contributed by atoms with Crippen LogP contribution in [0.5, 0.6) is 0 Å². The van der Waals surface area contributed by atoms with E-state index in [-0.39, 0.29) is 18.2 Å². The number of aromatic nitrogens is 1. The fraction of sp³-hybridized carbons (Fsp3) is 0.269. The van der Waals surface area contributed by atoms with Crippen LogP contribution in [0, 0.1) is 13.8 Å². The zero-order chi connectivity index (χ0) is 22.5. The number of nitrogens with one attached hydrogen (secondary N) is 1. The van der Waals surface area contributed by atoms with Crippen molar-refractivity contribution in [3.63, 3.8) is 0 Å². The summed E-state index contributed by atoms with van der Waals surface area (Å²) in [7, 11) is 0. The van der Waals surface area contributed by atoms with Crippen molar-refractivity contribution in [1.82, 2.24) is 14.8 Å². The fourth-order valence-corrected chi connectivity index (χ4v) is 5.05. The monoisotopic (exact) mass is 427 g/mol. The van der Waals surface area contributed by atoms with Crippen molar-refractivity contribution in [3.05, 3.63) is 94.3 Å².